The summed E-state index contributed by atoms with van der Waals surface area (Å²) in [4.78, 5) is 25.7. The summed E-state index contributed by atoms with van der Waals surface area (Å²) in [7, 11) is 0. The third-order valence-corrected chi connectivity index (χ3v) is 5.10. The van der Waals surface area contributed by atoms with E-state index in [9.17, 15) is 4.79 Å². The molecule has 0 amide bonds. The van der Waals surface area contributed by atoms with Crippen LogP contribution in [0.15, 0.2) is 17.1 Å². The van der Waals surface area contributed by atoms with Gasteiger partial charge in [0.15, 0.2) is 0 Å². The van der Waals surface area contributed by atoms with E-state index in [4.69, 9.17) is 4.74 Å². The first-order valence-corrected chi connectivity index (χ1v) is 7.79. The normalized spacial score (nSPS) is 32.5. The lowest BCUT2D eigenvalue weighted by Gasteiger charge is -2.42. The molecule has 5 rings (SSSR count). The molecule has 7 heteroatoms. The lowest BCUT2D eigenvalue weighted by molar-refractivity contribution is 0.155. The third-order valence-electron chi connectivity index (χ3n) is 5.10. The lowest BCUT2D eigenvalue weighted by atomic mass is 9.99. The number of ether oxygens (including phenoxy) is 1. The van der Waals surface area contributed by atoms with E-state index < -0.39 is 0 Å². The van der Waals surface area contributed by atoms with Crippen molar-refractivity contribution in [3.63, 3.8) is 0 Å². The van der Waals surface area contributed by atoms with E-state index in [0.29, 0.717) is 18.0 Å². The Morgan fingerprint density at radius 3 is 3.23 bits per heavy atom. The Hall–Kier alpha value is -2.15. The molecule has 0 aliphatic carbocycles. The zero-order valence-electron chi connectivity index (χ0n) is 12.2. The van der Waals surface area contributed by atoms with Crippen LogP contribution in [0.2, 0.25) is 0 Å². The van der Waals surface area contributed by atoms with Crippen LogP contribution in [0.3, 0.4) is 0 Å². The Morgan fingerprint density at radius 2 is 2.32 bits per heavy atom. The van der Waals surface area contributed by atoms with Crippen LogP contribution >= 0.6 is 0 Å². The molecule has 0 radical (unpaired) electrons. The predicted molar refractivity (Wildman–Crippen MR) is 81.3 cm³/mol. The average molecular weight is 299 g/mol. The van der Waals surface area contributed by atoms with Crippen molar-refractivity contribution in [2.24, 2.45) is 0 Å². The minimum Gasteiger partial charge on any atom is -0.472 e. The van der Waals surface area contributed by atoms with Crippen LogP contribution in [0, 0.1) is 0 Å². The van der Waals surface area contributed by atoms with Crippen molar-refractivity contribution in [1.29, 1.82) is 0 Å². The maximum atomic E-state index is 12.0. The van der Waals surface area contributed by atoms with Crippen LogP contribution in [-0.2, 0) is 0 Å². The van der Waals surface area contributed by atoms with Crippen LogP contribution in [0.4, 0.5) is 5.82 Å². The zero-order chi connectivity index (χ0) is 14.8. The number of hydrogen-bond donors (Lipinski definition) is 2. The van der Waals surface area contributed by atoms with Crippen molar-refractivity contribution in [3.05, 3.63) is 22.7 Å². The number of aromatic amines is 1. The van der Waals surface area contributed by atoms with Gasteiger partial charge in [-0.25, -0.2) is 9.78 Å². The molecule has 114 valence electrons. The molecule has 4 atom stereocenters. The van der Waals surface area contributed by atoms with Crippen molar-refractivity contribution in [3.8, 4) is 5.88 Å². The Morgan fingerprint density at radius 1 is 1.41 bits per heavy atom. The van der Waals surface area contributed by atoms with E-state index in [0.717, 1.165) is 36.1 Å². The molecule has 7 nitrogen and oxygen atoms in total. The predicted octanol–water partition coefficient (Wildman–Crippen LogP) is 0.408. The van der Waals surface area contributed by atoms with E-state index in [2.05, 4.69) is 32.1 Å². The van der Waals surface area contributed by atoms with Crippen LogP contribution in [-0.4, -0.2) is 45.7 Å². The molecule has 2 aromatic heterocycles. The van der Waals surface area contributed by atoms with Crippen molar-refractivity contribution in [1.82, 2.24) is 20.3 Å². The molecule has 22 heavy (non-hydrogen) atoms. The number of rotatable bonds is 0. The van der Waals surface area contributed by atoms with Crippen molar-refractivity contribution in [2.45, 2.75) is 44.0 Å². The zero-order valence-corrected chi connectivity index (χ0v) is 12.2. The van der Waals surface area contributed by atoms with Gasteiger partial charge in [0, 0.05) is 24.8 Å². The standard InChI is InChI=1S/C15H17N5O2/c1-7-12-10-3-2-8(17-10)6-20(12)13-11-9(18-15(21)19-13)4-5-16-14(11)22-7/h4-5,7-8,10,12,17H,2-3,6H2,1H3,(H,18,19,21). The van der Waals surface area contributed by atoms with E-state index in [1.165, 1.54) is 0 Å². The van der Waals surface area contributed by atoms with Crippen molar-refractivity contribution < 1.29 is 4.74 Å². The van der Waals surface area contributed by atoms with Gasteiger partial charge >= 0.3 is 5.69 Å². The summed E-state index contributed by atoms with van der Waals surface area (Å²) in [5, 5.41) is 4.48. The quantitative estimate of drug-likeness (QED) is 0.733. The molecular formula is C15H17N5O2. The van der Waals surface area contributed by atoms with Crippen molar-refractivity contribution >= 4 is 16.7 Å². The minimum absolute atomic E-state index is 0.0149. The largest absolute Gasteiger partial charge is 0.472 e. The number of aromatic nitrogens is 3. The van der Waals surface area contributed by atoms with Gasteiger partial charge in [0.05, 0.1) is 11.6 Å². The fourth-order valence-electron chi connectivity index (χ4n) is 4.25. The van der Waals surface area contributed by atoms with Gasteiger partial charge in [-0.15, -0.1) is 0 Å². The highest BCUT2D eigenvalue weighted by Crippen LogP contribution is 2.39. The molecule has 2 bridgehead atoms. The van der Waals surface area contributed by atoms with Gasteiger partial charge in [0.2, 0.25) is 5.88 Å². The molecule has 0 saturated carbocycles. The summed E-state index contributed by atoms with van der Waals surface area (Å²) in [6, 6.07) is 2.81. The first-order chi connectivity index (χ1) is 10.7. The Kier molecular flexibility index (Phi) is 2.36. The number of piperazine rings is 1. The fourth-order valence-corrected chi connectivity index (χ4v) is 4.25. The highest BCUT2D eigenvalue weighted by molar-refractivity contribution is 5.94. The lowest BCUT2D eigenvalue weighted by Crippen LogP contribution is -2.62. The van der Waals surface area contributed by atoms with Gasteiger partial charge in [0.25, 0.3) is 0 Å². The Balaban J connectivity index is 1.81. The highest BCUT2D eigenvalue weighted by atomic mass is 16.5. The average Bonchev–Trinajstić information content (AvgIpc) is 2.81. The monoisotopic (exact) mass is 299 g/mol. The highest BCUT2D eigenvalue weighted by Gasteiger charge is 2.46. The van der Waals surface area contributed by atoms with Crippen LogP contribution in [0.25, 0.3) is 10.9 Å². The number of nitrogens with zero attached hydrogens (tertiary/aromatic N) is 3. The maximum absolute atomic E-state index is 12.0. The summed E-state index contributed by atoms with van der Waals surface area (Å²) in [6.07, 6.45) is 3.95. The molecule has 3 aliphatic rings. The van der Waals surface area contributed by atoms with Crippen LogP contribution in [0.5, 0.6) is 5.88 Å². The van der Waals surface area contributed by atoms with Crippen molar-refractivity contribution in [2.75, 3.05) is 11.4 Å². The number of nitrogens with one attached hydrogen (secondary N) is 2. The first kappa shape index (κ1) is 12.4. The van der Waals surface area contributed by atoms with E-state index in [1.54, 1.807) is 12.3 Å². The Bertz CT molecular complexity index is 819. The van der Waals surface area contributed by atoms with Gasteiger partial charge in [-0.2, -0.15) is 4.98 Å². The van der Waals surface area contributed by atoms with Gasteiger partial charge in [0.1, 0.15) is 17.3 Å². The third kappa shape index (κ3) is 1.57. The van der Waals surface area contributed by atoms with Crippen LogP contribution < -0.4 is 20.6 Å². The summed E-state index contributed by atoms with van der Waals surface area (Å²) in [5.41, 5.74) is 0.414. The topological polar surface area (TPSA) is 83.1 Å². The number of anilines is 1. The second-order valence-corrected chi connectivity index (χ2v) is 6.42. The molecule has 5 heterocycles. The summed E-state index contributed by atoms with van der Waals surface area (Å²) >= 11 is 0. The second-order valence-electron chi connectivity index (χ2n) is 6.42. The first-order valence-electron chi connectivity index (χ1n) is 7.79. The van der Waals surface area contributed by atoms with Gasteiger partial charge < -0.3 is 19.9 Å². The molecular weight excluding hydrogens is 282 g/mol. The van der Waals surface area contributed by atoms with Crippen LogP contribution in [0.1, 0.15) is 19.8 Å². The van der Waals surface area contributed by atoms with Gasteiger partial charge in [-0.05, 0) is 25.8 Å². The van der Waals surface area contributed by atoms with E-state index in [1.807, 2.05) is 0 Å². The number of pyridine rings is 1. The minimum atomic E-state index is -0.321. The molecule has 2 saturated heterocycles. The fraction of sp³-hybridized carbons (Fsp3) is 0.533. The summed E-state index contributed by atoms with van der Waals surface area (Å²) in [6.45, 7) is 2.93. The van der Waals surface area contributed by atoms with Gasteiger partial charge in [-0.1, -0.05) is 0 Å². The van der Waals surface area contributed by atoms with E-state index >= 15 is 0 Å². The molecule has 3 aliphatic heterocycles. The number of hydrogen-bond acceptors (Lipinski definition) is 6. The number of fused-ring (bicyclic) bond motifs is 5. The SMILES string of the molecule is CC1Oc2nccc3[nH]c(=O)nc(c23)N2CC3CCC(N3)C12. The molecule has 2 fully saturated rings. The van der Waals surface area contributed by atoms with E-state index in [-0.39, 0.29) is 17.8 Å². The summed E-state index contributed by atoms with van der Waals surface area (Å²) in [5.74, 6) is 1.28. The number of H-pyrrole nitrogens is 1. The molecule has 2 aromatic rings. The Labute approximate surface area is 126 Å². The second kappa shape index (κ2) is 4.19. The van der Waals surface area contributed by atoms with Gasteiger partial charge in [-0.3, -0.25) is 0 Å². The molecule has 0 aromatic carbocycles. The smallest absolute Gasteiger partial charge is 0.347 e. The maximum Gasteiger partial charge on any atom is 0.347 e. The molecule has 4 unspecified atom stereocenters. The molecule has 2 N–H and O–H groups in total. The molecule has 0 spiro atoms. The summed E-state index contributed by atoms with van der Waals surface area (Å²) < 4.78 is 6.13.